The second kappa shape index (κ2) is 9.34. The smallest absolute Gasteiger partial charge is 0.256 e. The number of rotatable bonds is 6. The first-order valence-corrected chi connectivity index (χ1v) is 10.1. The van der Waals surface area contributed by atoms with E-state index in [0.717, 1.165) is 16.8 Å². The van der Waals surface area contributed by atoms with E-state index in [-0.39, 0.29) is 17.6 Å². The minimum atomic E-state index is -0.247. The largest absolute Gasteiger partial charge is 0.325 e. The second-order valence-corrected chi connectivity index (χ2v) is 7.68. The molecular formula is C22H22N4O2S. The van der Waals surface area contributed by atoms with Gasteiger partial charge in [0.1, 0.15) is 5.03 Å². The lowest BCUT2D eigenvalue weighted by Gasteiger charge is -2.12. The van der Waals surface area contributed by atoms with Crippen LogP contribution < -0.4 is 10.6 Å². The SMILES string of the molecule is Cc1cc(C)c(NC(=O)CSc2ccc(NC(=O)c3ccccc3)nn2)c(C)c1. The molecule has 2 aromatic carbocycles. The zero-order valence-electron chi connectivity index (χ0n) is 16.5. The molecule has 6 nitrogen and oxygen atoms in total. The molecule has 0 unspecified atom stereocenters. The first-order valence-electron chi connectivity index (χ1n) is 9.13. The van der Waals surface area contributed by atoms with Crippen LogP contribution in [-0.2, 0) is 4.79 Å². The van der Waals surface area contributed by atoms with Gasteiger partial charge in [-0.05, 0) is 56.2 Å². The molecule has 0 aliphatic rings. The van der Waals surface area contributed by atoms with Crippen LogP contribution >= 0.6 is 11.8 Å². The van der Waals surface area contributed by atoms with E-state index in [1.807, 2.05) is 39.0 Å². The molecule has 0 spiro atoms. The first kappa shape index (κ1) is 20.5. The van der Waals surface area contributed by atoms with E-state index in [2.05, 4.69) is 20.8 Å². The van der Waals surface area contributed by atoms with Gasteiger partial charge in [-0.15, -0.1) is 10.2 Å². The van der Waals surface area contributed by atoms with Gasteiger partial charge in [0, 0.05) is 11.3 Å². The van der Waals surface area contributed by atoms with E-state index in [9.17, 15) is 9.59 Å². The number of carbonyl (C=O) groups excluding carboxylic acids is 2. The molecule has 0 aliphatic heterocycles. The number of amides is 2. The van der Waals surface area contributed by atoms with Crippen LogP contribution in [0.25, 0.3) is 0 Å². The molecule has 7 heteroatoms. The lowest BCUT2D eigenvalue weighted by atomic mass is 10.1. The summed E-state index contributed by atoms with van der Waals surface area (Å²) in [5.41, 5.74) is 4.65. The Morgan fingerprint density at radius 3 is 2.21 bits per heavy atom. The topological polar surface area (TPSA) is 84.0 Å². The first-order chi connectivity index (χ1) is 13.9. The molecule has 1 heterocycles. The number of nitrogens with one attached hydrogen (secondary N) is 2. The third-order valence-corrected chi connectivity index (χ3v) is 5.13. The van der Waals surface area contributed by atoms with E-state index >= 15 is 0 Å². The van der Waals surface area contributed by atoms with Crippen molar-refractivity contribution in [3.63, 3.8) is 0 Å². The highest BCUT2D eigenvalue weighted by molar-refractivity contribution is 7.99. The lowest BCUT2D eigenvalue weighted by Crippen LogP contribution is -2.16. The summed E-state index contributed by atoms with van der Waals surface area (Å²) in [6, 6.07) is 16.4. The van der Waals surface area contributed by atoms with Crippen molar-refractivity contribution in [3.8, 4) is 0 Å². The predicted octanol–water partition coefficient (Wildman–Crippen LogP) is 4.38. The maximum absolute atomic E-state index is 12.3. The van der Waals surface area contributed by atoms with Crippen molar-refractivity contribution < 1.29 is 9.59 Å². The molecule has 2 N–H and O–H groups in total. The number of hydrogen-bond acceptors (Lipinski definition) is 5. The summed E-state index contributed by atoms with van der Waals surface area (Å²) in [4.78, 5) is 24.4. The van der Waals surface area contributed by atoms with Crippen molar-refractivity contribution in [3.05, 3.63) is 76.9 Å². The molecule has 29 heavy (non-hydrogen) atoms. The van der Waals surface area contributed by atoms with Gasteiger partial charge in [-0.2, -0.15) is 0 Å². The van der Waals surface area contributed by atoms with Crippen molar-refractivity contribution in [1.29, 1.82) is 0 Å². The maximum Gasteiger partial charge on any atom is 0.256 e. The number of aromatic nitrogens is 2. The van der Waals surface area contributed by atoms with Crippen LogP contribution in [0.1, 0.15) is 27.0 Å². The summed E-state index contributed by atoms with van der Waals surface area (Å²) in [7, 11) is 0. The Bertz CT molecular complexity index is 998. The molecule has 0 fully saturated rings. The van der Waals surface area contributed by atoms with Crippen molar-refractivity contribution in [2.24, 2.45) is 0 Å². The molecule has 1 aromatic heterocycles. The number of thioether (sulfide) groups is 1. The van der Waals surface area contributed by atoms with Gasteiger partial charge in [-0.25, -0.2) is 0 Å². The van der Waals surface area contributed by atoms with Crippen molar-refractivity contribution >= 4 is 35.1 Å². The molecule has 0 radical (unpaired) electrons. The summed E-state index contributed by atoms with van der Waals surface area (Å²) < 4.78 is 0. The highest BCUT2D eigenvalue weighted by Crippen LogP contribution is 2.23. The second-order valence-electron chi connectivity index (χ2n) is 6.69. The molecule has 0 bridgehead atoms. The fourth-order valence-electron chi connectivity index (χ4n) is 2.93. The van der Waals surface area contributed by atoms with E-state index < -0.39 is 0 Å². The fourth-order valence-corrected chi connectivity index (χ4v) is 3.55. The van der Waals surface area contributed by atoms with Gasteiger partial charge in [0.15, 0.2) is 5.82 Å². The molecule has 0 atom stereocenters. The minimum Gasteiger partial charge on any atom is -0.325 e. The third-order valence-electron chi connectivity index (χ3n) is 4.21. The van der Waals surface area contributed by atoms with Crippen LogP contribution in [0.15, 0.2) is 59.6 Å². The summed E-state index contributed by atoms with van der Waals surface area (Å²) in [5.74, 6) is 0.229. The summed E-state index contributed by atoms with van der Waals surface area (Å²) in [6.45, 7) is 6.00. The number of carbonyl (C=O) groups is 2. The van der Waals surface area contributed by atoms with Gasteiger partial charge < -0.3 is 10.6 Å². The highest BCUT2D eigenvalue weighted by atomic mass is 32.2. The third kappa shape index (κ3) is 5.65. The van der Waals surface area contributed by atoms with Crippen LogP contribution in [0, 0.1) is 20.8 Å². The van der Waals surface area contributed by atoms with E-state index in [1.54, 1.807) is 36.4 Å². The zero-order valence-corrected chi connectivity index (χ0v) is 17.3. The maximum atomic E-state index is 12.3. The van der Waals surface area contributed by atoms with E-state index in [4.69, 9.17) is 0 Å². The Morgan fingerprint density at radius 1 is 0.897 bits per heavy atom. The molecule has 0 aliphatic carbocycles. The van der Waals surface area contributed by atoms with Crippen LogP contribution in [0.2, 0.25) is 0 Å². The minimum absolute atomic E-state index is 0.103. The monoisotopic (exact) mass is 406 g/mol. The number of anilines is 2. The number of hydrogen-bond donors (Lipinski definition) is 2. The van der Waals surface area contributed by atoms with Gasteiger partial charge in [0.25, 0.3) is 5.91 Å². The van der Waals surface area contributed by atoms with Crippen molar-refractivity contribution in [2.45, 2.75) is 25.8 Å². The van der Waals surface area contributed by atoms with Crippen LogP contribution in [0.5, 0.6) is 0 Å². The lowest BCUT2D eigenvalue weighted by molar-refractivity contribution is -0.113. The highest BCUT2D eigenvalue weighted by Gasteiger charge is 2.10. The summed E-state index contributed by atoms with van der Waals surface area (Å²) in [6.07, 6.45) is 0. The zero-order chi connectivity index (χ0) is 20.8. The Balaban J connectivity index is 1.54. The Morgan fingerprint density at radius 2 is 1.59 bits per heavy atom. The van der Waals surface area contributed by atoms with E-state index in [0.29, 0.717) is 16.4 Å². The number of aryl methyl sites for hydroxylation is 3. The Hall–Kier alpha value is -3.19. The van der Waals surface area contributed by atoms with Crippen LogP contribution in [0.3, 0.4) is 0 Å². The van der Waals surface area contributed by atoms with E-state index in [1.165, 1.54) is 17.3 Å². The normalized spacial score (nSPS) is 10.4. The van der Waals surface area contributed by atoms with Gasteiger partial charge in [0.2, 0.25) is 5.91 Å². The standard InChI is InChI=1S/C22H22N4O2S/c1-14-11-15(2)21(16(3)12-14)24-19(27)13-29-20-10-9-18(25-26-20)23-22(28)17-7-5-4-6-8-17/h4-12H,13H2,1-3H3,(H,24,27)(H,23,25,28). The number of benzene rings is 2. The molecule has 3 rings (SSSR count). The average Bonchev–Trinajstić information content (AvgIpc) is 2.71. The molecule has 148 valence electrons. The van der Waals surface area contributed by atoms with Crippen molar-refractivity contribution in [1.82, 2.24) is 10.2 Å². The Kier molecular flexibility index (Phi) is 6.61. The number of nitrogens with zero attached hydrogens (tertiary/aromatic N) is 2. The Labute approximate surface area is 174 Å². The fraction of sp³-hybridized carbons (Fsp3) is 0.182. The van der Waals surface area contributed by atoms with Gasteiger partial charge in [0.05, 0.1) is 5.75 Å². The van der Waals surface area contributed by atoms with Gasteiger partial charge in [-0.1, -0.05) is 47.7 Å². The summed E-state index contributed by atoms with van der Waals surface area (Å²) >= 11 is 1.29. The van der Waals surface area contributed by atoms with Crippen molar-refractivity contribution in [2.75, 3.05) is 16.4 Å². The summed E-state index contributed by atoms with van der Waals surface area (Å²) in [5, 5.41) is 14.4. The van der Waals surface area contributed by atoms with Gasteiger partial charge >= 0.3 is 0 Å². The molecule has 2 amide bonds. The van der Waals surface area contributed by atoms with Crippen LogP contribution in [-0.4, -0.2) is 27.8 Å². The molecule has 0 saturated carbocycles. The van der Waals surface area contributed by atoms with Gasteiger partial charge in [-0.3, -0.25) is 9.59 Å². The predicted molar refractivity (Wildman–Crippen MR) is 116 cm³/mol. The average molecular weight is 407 g/mol. The molecule has 3 aromatic rings. The quantitative estimate of drug-likeness (QED) is 0.593. The molecule has 0 saturated heterocycles. The van der Waals surface area contributed by atoms with Crippen LogP contribution in [0.4, 0.5) is 11.5 Å². The molecular weight excluding hydrogens is 384 g/mol.